The monoisotopic (exact) mass is 195 g/mol. The van der Waals surface area contributed by atoms with Gasteiger partial charge in [-0.3, -0.25) is 0 Å². The predicted molar refractivity (Wildman–Crippen MR) is 53.3 cm³/mol. The lowest BCUT2D eigenvalue weighted by atomic mass is 10.2. The van der Waals surface area contributed by atoms with Crippen LogP contribution >= 0.6 is 0 Å². The van der Waals surface area contributed by atoms with Crippen LogP contribution in [0.5, 0.6) is 5.75 Å². The van der Waals surface area contributed by atoms with Crippen LogP contribution in [0.1, 0.15) is 12.5 Å². The topological polar surface area (TPSA) is 72.5 Å². The number of aliphatic carboxylic acids is 1. The van der Waals surface area contributed by atoms with Gasteiger partial charge in [-0.05, 0) is 26.0 Å². The van der Waals surface area contributed by atoms with E-state index in [1.165, 1.54) is 6.92 Å². The molecule has 0 spiro atoms. The Morgan fingerprint density at radius 3 is 2.79 bits per heavy atom. The summed E-state index contributed by atoms with van der Waals surface area (Å²) in [6, 6.07) is 5.17. The summed E-state index contributed by atoms with van der Waals surface area (Å²) in [4.78, 5) is 10.5. The van der Waals surface area contributed by atoms with E-state index in [0.29, 0.717) is 11.4 Å². The highest BCUT2D eigenvalue weighted by Gasteiger charge is 2.13. The number of rotatable bonds is 3. The van der Waals surface area contributed by atoms with E-state index in [1.807, 2.05) is 0 Å². The van der Waals surface area contributed by atoms with Gasteiger partial charge in [0.25, 0.3) is 0 Å². The summed E-state index contributed by atoms with van der Waals surface area (Å²) in [6.07, 6.45) is -0.865. The minimum absolute atomic E-state index is 0.514. The van der Waals surface area contributed by atoms with Crippen molar-refractivity contribution in [2.24, 2.45) is 0 Å². The molecule has 0 aliphatic carbocycles. The molecule has 3 N–H and O–H groups in total. The highest BCUT2D eigenvalue weighted by atomic mass is 16.5. The van der Waals surface area contributed by atoms with E-state index < -0.39 is 12.1 Å². The number of carboxylic acid groups (broad SMARTS) is 1. The molecule has 1 aromatic carbocycles. The molecular weight excluding hydrogens is 182 g/mol. The molecule has 0 bridgehead atoms. The molecule has 0 aromatic heterocycles. The molecule has 0 saturated heterocycles. The van der Waals surface area contributed by atoms with E-state index in [0.717, 1.165) is 5.56 Å². The zero-order valence-electron chi connectivity index (χ0n) is 8.15. The summed E-state index contributed by atoms with van der Waals surface area (Å²) < 4.78 is 5.21. The minimum atomic E-state index is -0.994. The van der Waals surface area contributed by atoms with Crippen molar-refractivity contribution in [1.82, 2.24) is 0 Å². The molecule has 1 unspecified atom stereocenters. The first-order valence-corrected chi connectivity index (χ1v) is 4.27. The van der Waals surface area contributed by atoms with Crippen LogP contribution in [0, 0.1) is 6.92 Å². The Balaban J connectivity index is 2.87. The first-order valence-electron chi connectivity index (χ1n) is 4.27. The van der Waals surface area contributed by atoms with E-state index >= 15 is 0 Å². The Labute approximate surface area is 82.3 Å². The maximum atomic E-state index is 10.5. The summed E-state index contributed by atoms with van der Waals surface area (Å²) in [5.74, 6) is -0.480. The van der Waals surface area contributed by atoms with E-state index in [9.17, 15) is 4.79 Å². The molecule has 0 aliphatic heterocycles. The average Bonchev–Trinajstić information content (AvgIpc) is 2.12. The molecule has 0 aliphatic rings. The van der Waals surface area contributed by atoms with Crippen molar-refractivity contribution in [1.29, 1.82) is 0 Å². The number of carboxylic acids is 1. The van der Waals surface area contributed by atoms with Crippen LogP contribution in [0.2, 0.25) is 0 Å². The molecule has 0 amide bonds. The maximum Gasteiger partial charge on any atom is 0.344 e. The fourth-order valence-corrected chi connectivity index (χ4v) is 1.000. The first kappa shape index (κ1) is 10.4. The third-order valence-electron chi connectivity index (χ3n) is 1.98. The van der Waals surface area contributed by atoms with Crippen molar-refractivity contribution >= 4 is 11.7 Å². The van der Waals surface area contributed by atoms with Crippen molar-refractivity contribution in [3.8, 4) is 5.75 Å². The standard InChI is InChI=1S/C10H13NO3/c1-6-8(11)4-3-5-9(6)14-7(2)10(12)13/h3-5,7H,11H2,1-2H3,(H,12,13). The Kier molecular flexibility index (Phi) is 2.96. The SMILES string of the molecule is Cc1c(N)cccc1OC(C)C(=O)O. The second kappa shape index (κ2) is 4.00. The second-order valence-electron chi connectivity index (χ2n) is 3.07. The van der Waals surface area contributed by atoms with Gasteiger partial charge in [0.05, 0.1) is 0 Å². The molecule has 0 saturated carbocycles. The van der Waals surface area contributed by atoms with Crippen LogP contribution in [-0.4, -0.2) is 17.2 Å². The highest BCUT2D eigenvalue weighted by molar-refractivity contribution is 5.72. The van der Waals surface area contributed by atoms with Crippen molar-refractivity contribution in [3.63, 3.8) is 0 Å². The van der Waals surface area contributed by atoms with Crippen molar-refractivity contribution in [3.05, 3.63) is 23.8 Å². The third kappa shape index (κ3) is 2.16. The minimum Gasteiger partial charge on any atom is -0.479 e. The summed E-state index contributed by atoms with van der Waals surface area (Å²) in [5, 5.41) is 8.65. The molecule has 76 valence electrons. The molecular formula is C10H13NO3. The van der Waals surface area contributed by atoms with Crippen molar-refractivity contribution in [2.75, 3.05) is 5.73 Å². The summed E-state index contributed by atoms with van der Waals surface area (Å²) in [5.41, 5.74) is 7.01. The number of hydrogen-bond acceptors (Lipinski definition) is 3. The normalized spacial score (nSPS) is 12.1. The average molecular weight is 195 g/mol. The van der Waals surface area contributed by atoms with Crippen LogP contribution in [0.4, 0.5) is 5.69 Å². The Bertz CT molecular complexity index is 349. The van der Waals surface area contributed by atoms with Gasteiger partial charge in [-0.2, -0.15) is 0 Å². The molecule has 1 aromatic rings. The summed E-state index contributed by atoms with van der Waals surface area (Å²) in [6.45, 7) is 3.27. The summed E-state index contributed by atoms with van der Waals surface area (Å²) >= 11 is 0. The first-order chi connectivity index (χ1) is 6.52. The fourth-order valence-electron chi connectivity index (χ4n) is 1.000. The Hall–Kier alpha value is -1.71. The van der Waals surface area contributed by atoms with Gasteiger partial charge >= 0.3 is 5.97 Å². The summed E-state index contributed by atoms with van der Waals surface area (Å²) in [7, 11) is 0. The molecule has 0 fully saturated rings. The van der Waals surface area contributed by atoms with E-state index in [1.54, 1.807) is 25.1 Å². The van der Waals surface area contributed by atoms with Gasteiger partial charge in [0.2, 0.25) is 0 Å². The van der Waals surface area contributed by atoms with Crippen LogP contribution in [-0.2, 0) is 4.79 Å². The van der Waals surface area contributed by atoms with Crippen molar-refractivity contribution in [2.45, 2.75) is 20.0 Å². The van der Waals surface area contributed by atoms with Crippen LogP contribution in [0.25, 0.3) is 0 Å². The van der Waals surface area contributed by atoms with Crippen LogP contribution < -0.4 is 10.5 Å². The zero-order valence-corrected chi connectivity index (χ0v) is 8.15. The molecule has 0 heterocycles. The van der Waals surface area contributed by atoms with E-state index in [2.05, 4.69) is 0 Å². The Morgan fingerprint density at radius 2 is 2.21 bits per heavy atom. The smallest absolute Gasteiger partial charge is 0.344 e. The number of nitrogen functional groups attached to an aromatic ring is 1. The lowest BCUT2D eigenvalue weighted by molar-refractivity contribution is -0.144. The highest BCUT2D eigenvalue weighted by Crippen LogP contribution is 2.23. The fraction of sp³-hybridized carbons (Fsp3) is 0.300. The van der Waals surface area contributed by atoms with Gasteiger partial charge in [0, 0.05) is 11.3 Å². The number of benzene rings is 1. The van der Waals surface area contributed by atoms with Gasteiger partial charge in [-0.15, -0.1) is 0 Å². The molecule has 14 heavy (non-hydrogen) atoms. The lowest BCUT2D eigenvalue weighted by Crippen LogP contribution is -2.23. The van der Waals surface area contributed by atoms with Crippen LogP contribution in [0.15, 0.2) is 18.2 Å². The number of carbonyl (C=O) groups is 1. The zero-order chi connectivity index (χ0) is 10.7. The van der Waals surface area contributed by atoms with Gasteiger partial charge in [0.15, 0.2) is 6.10 Å². The molecule has 4 nitrogen and oxygen atoms in total. The predicted octanol–water partition coefficient (Wildman–Crippen LogP) is 1.43. The number of hydrogen-bond donors (Lipinski definition) is 2. The van der Waals surface area contributed by atoms with Crippen molar-refractivity contribution < 1.29 is 14.6 Å². The molecule has 0 radical (unpaired) electrons. The van der Waals surface area contributed by atoms with Gasteiger partial charge in [0.1, 0.15) is 5.75 Å². The van der Waals surface area contributed by atoms with Crippen LogP contribution in [0.3, 0.4) is 0 Å². The van der Waals surface area contributed by atoms with Gasteiger partial charge in [-0.1, -0.05) is 6.07 Å². The molecule has 1 rings (SSSR count). The molecule has 1 atom stereocenters. The van der Waals surface area contributed by atoms with Gasteiger partial charge < -0.3 is 15.6 Å². The molecule has 4 heteroatoms. The maximum absolute atomic E-state index is 10.5. The number of nitrogens with two attached hydrogens (primary N) is 1. The third-order valence-corrected chi connectivity index (χ3v) is 1.98. The van der Waals surface area contributed by atoms with E-state index in [4.69, 9.17) is 15.6 Å². The lowest BCUT2D eigenvalue weighted by Gasteiger charge is -2.13. The second-order valence-corrected chi connectivity index (χ2v) is 3.07. The number of ether oxygens (including phenoxy) is 1. The quantitative estimate of drug-likeness (QED) is 0.715. The van der Waals surface area contributed by atoms with Gasteiger partial charge in [-0.25, -0.2) is 4.79 Å². The number of anilines is 1. The Morgan fingerprint density at radius 1 is 1.57 bits per heavy atom. The largest absolute Gasteiger partial charge is 0.479 e. The van der Waals surface area contributed by atoms with E-state index in [-0.39, 0.29) is 0 Å².